The highest BCUT2D eigenvalue weighted by Gasteiger charge is 2.27. The Labute approximate surface area is 109 Å². The molecule has 0 atom stereocenters. The number of alkyl halides is 3. The molecule has 0 bridgehead atoms. The van der Waals surface area contributed by atoms with E-state index in [2.05, 4.69) is 10.6 Å². The molecule has 0 radical (unpaired) electrons. The van der Waals surface area contributed by atoms with Gasteiger partial charge in [-0.15, -0.1) is 0 Å². The molecule has 1 aliphatic rings. The smallest absolute Gasteiger partial charge is 0.352 e. The largest absolute Gasteiger partial charge is 0.405 e. The van der Waals surface area contributed by atoms with Crippen molar-refractivity contribution in [1.82, 2.24) is 16.0 Å². The molecule has 1 aliphatic carbocycles. The fraction of sp³-hybridized carbons (Fsp3) is 0.818. The van der Waals surface area contributed by atoms with E-state index in [-0.39, 0.29) is 18.5 Å². The van der Waals surface area contributed by atoms with Gasteiger partial charge in [0.05, 0.1) is 6.54 Å². The summed E-state index contributed by atoms with van der Waals surface area (Å²) in [4.78, 5) is 22.4. The topological polar surface area (TPSA) is 70.2 Å². The molecule has 0 saturated heterocycles. The van der Waals surface area contributed by atoms with Crippen LogP contribution in [0.4, 0.5) is 18.0 Å². The lowest BCUT2D eigenvalue weighted by Crippen LogP contribution is -2.46. The maximum atomic E-state index is 11.8. The van der Waals surface area contributed by atoms with Gasteiger partial charge in [-0.3, -0.25) is 4.79 Å². The van der Waals surface area contributed by atoms with E-state index < -0.39 is 18.8 Å². The molecule has 0 aromatic rings. The monoisotopic (exact) mass is 281 g/mol. The van der Waals surface area contributed by atoms with E-state index >= 15 is 0 Å². The van der Waals surface area contributed by atoms with E-state index in [1.54, 1.807) is 5.32 Å². The third-order valence-corrected chi connectivity index (χ3v) is 2.83. The molecule has 3 N–H and O–H groups in total. The summed E-state index contributed by atoms with van der Waals surface area (Å²) in [5.41, 5.74) is 0. The molecule has 110 valence electrons. The highest BCUT2D eigenvalue weighted by Crippen LogP contribution is 2.17. The van der Waals surface area contributed by atoms with Crippen molar-refractivity contribution in [2.75, 3.05) is 13.1 Å². The zero-order valence-electron chi connectivity index (χ0n) is 10.5. The third kappa shape index (κ3) is 7.53. The first kappa shape index (κ1) is 15.6. The molecule has 0 unspecified atom stereocenters. The molecule has 1 fully saturated rings. The number of halogens is 3. The first-order chi connectivity index (χ1) is 8.87. The predicted molar refractivity (Wildman–Crippen MR) is 62.5 cm³/mol. The lowest BCUT2D eigenvalue weighted by Gasteiger charge is -2.22. The molecule has 8 heteroatoms. The second-order valence-corrected chi connectivity index (χ2v) is 4.55. The van der Waals surface area contributed by atoms with Crippen LogP contribution in [0.25, 0.3) is 0 Å². The molecule has 3 amide bonds. The van der Waals surface area contributed by atoms with Crippen molar-refractivity contribution >= 4 is 11.9 Å². The number of nitrogens with one attached hydrogen (secondary N) is 3. The molecule has 0 aliphatic heterocycles. The number of amides is 3. The number of hydrogen-bond acceptors (Lipinski definition) is 2. The van der Waals surface area contributed by atoms with Crippen LogP contribution in [-0.4, -0.2) is 37.2 Å². The minimum atomic E-state index is -4.46. The van der Waals surface area contributed by atoms with E-state index in [4.69, 9.17) is 0 Å². The Kier molecular flexibility index (Phi) is 5.91. The van der Waals surface area contributed by atoms with Gasteiger partial charge < -0.3 is 16.0 Å². The van der Waals surface area contributed by atoms with Gasteiger partial charge in [-0.2, -0.15) is 13.2 Å². The summed E-state index contributed by atoms with van der Waals surface area (Å²) in [6, 6.07) is -0.891. The summed E-state index contributed by atoms with van der Waals surface area (Å²) in [6.07, 6.45) is 0.638. The summed E-state index contributed by atoms with van der Waals surface area (Å²) >= 11 is 0. The van der Waals surface area contributed by atoms with Crippen molar-refractivity contribution in [2.24, 2.45) is 0 Å². The number of rotatable bonds is 4. The van der Waals surface area contributed by atoms with Crippen molar-refractivity contribution in [3.8, 4) is 0 Å². The van der Waals surface area contributed by atoms with Crippen molar-refractivity contribution in [3.05, 3.63) is 0 Å². The van der Waals surface area contributed by atoms with Crippen LogP contribution in [0.15, 0.2) is 0 Å². The predicted octanol–water partition coefficient (Wildman–Crippen LogP) is 1.30. The first-order valence-corrected chi connectivity index (χ1v) is 6.24. The molecular weight excluding hydrogens is 263 g/mol. The Bertz CT molecular complexity index is 315. The Morgan fingerprint density at radius 3 is 2.26 bits per heavy atom. The minimum Gasteiger partial charge on any atom is -0.352 e. The number of carbonyl (C=O) groups is 2. The summed E-state index contributed by atoms with van der Waals surface area (Å²) in [6.45, 7) is -1.73. The van der Waals surface area contributed by atoms with Crippen LogP contribution in [0.3, 0.4) is 0 Å². The average Bonchev–Trinajstić information content (AvgIpc) is 2.34. The fourth-order valence-corrected chi connectivity index (χ4v) is 1.93. The van der Waals surface area contributed by atoms with Crippen LogP contribution in [0.5, 0.6) is 0 Å². The average molecular weight is 281 g/mol. The van der Waals surface area contributed by atoms with Gasteiger partial charge in [0.1, 0.15) is 6.54 Å². The van der Waals surface area contributed by atoms with E-state index in [9.17, 15) is 22.8 Å². The number of hydrogen-bond donors (Lipinski definition) is 3. The molecule has 0 heterocycles. The standard InChI is InChI=1S/C11H18F3N3O2/c12-11(13,14)7-16-10(19)15-6-9(18)17-8-4-2-1-3-5-8/h8H,1-7H2,(H,17,18)(H2,15,16,19). The van der Waals surface area contributed by atoms with Gasteiger partial charge in [0.2, 0.25) is 5.91 Å². The number of urea groups is 1. The van der Waals surface area contributed by atoms with Crippen LogP contribution in [-0.2, 0) is 4.79 Å². The van der Waals surface area contributed by atoms with Gasteiger partial charge in [-0.1, -0.05) is 19.3 Å². The lowest BCUT2D eigenvalue weighted by atomic mass is 9.95. The molecule has 0 aromatic heterocycles. The molecule has 0 spiro atoms. The number of carbonyl (C=O) groups excluding carboxylic acids is 2. The second kappa shape index (κ2) is 7.20. The summed E-state index contributed by atoms with van der Waals surface area (Å²) in [5, 5.41) is 6.45. The van der Waals surface area contributed by atoms with Crippen molar-refractivity contribution in [2.45, 2.75) is 44.3 Å². The SMILES string of the molecule is O=C(CNC(=O)NCC(F)(F)F)NC1CCCCC1. The Balaban J connectivity index is 2.13. The van der Waals surface area contributed by atoms with Gasteiger partial charge in [0.25, 0.3) is 0 Å². The zero-order valence-corrected chi connectivity index (χ0v) is 10.5. The Morgan fingerprint density at radius 1 is 1.05 bits per heavy atom. The van der Waals surface area contributed by atoms with Gasteiger partial charge in [0.15, 0.2) is 0 Å². The van der Waals surface area contributed by atoms with E-state index in [1.807, 2.05) is 0 Å². The minimum absolute atomic E-state index is 0.112. The van der Waals surface area contributed by atoms with Crippen molar-refractivity contribution in [1.29, 1.82) is 0 Å². The molecule has 1 rings (SSSR count). The summed E-state index contributed by atoms with van der Waals surface area (Å²) in [5.74, 6) is -0.381. The third-order valence-electron chi connectivity index (χ3n) is 2.83. The van der Waals surface area contributed by atoms with Crippen LogP contribution < -0.4 is 16.0 Å². The normalized spacial score (nSPS) is 16.8. The van der Waals surface area contributed by atoms with Crippen LogP contribution in [0, 0.1) is 0 Å². The van der Waals surface area contributed by atoms with Crippen molar-refractivity contribution in [3.63, 3.8) is 0 Å². The maximum absolute atomic E-state index is 11.8. The molecule has 1 saturated carbocycles. The first-order valence-electron chi connectivity index (χ1n) is 6.24. The molecule has 0 aromatic carbocycles. The summed E-state index contributed by atoms with van der Waals surface area (Å²) < 4.78 is 35.4. The molecular formula is C11H18F3N3O2. The Morgan fingerprint density at radius 2 is 1.68 bits per heavy atom. The van der Waals surface area contributed by atoms with Gasteiger partial charge in [-0.25, -0.2) is 4.79 Å². The van der Waals surface area contributed by atoms with Gasteiger partial charge in [0, 0.05) is 6.04 Å². The molecule has 19 heavy (non-hydrogen) atoms. The van der Waals surface area contributed by atoms with Crippen LogP contribution >= 0.6 is 0 Å². The quantitative estimate of drug-likeness (QED) is 0.727. The maximum Gasteiger partial charge on any atom is 0.405 e. The van der Waals surface area contributed by atoms with Gasteiger partial charge in [-0.05, 0) is 12.8 Å². The summed E-state index contributed by atoms with van der Waals surface area (Å²) in [7, 11) is 0. The van der Waals surface area contributed by atoms with Crippen LogP contribution in [0.2, 0.25) is 0 Å². The second-order valence-electron chi connectivity index (χ2n) is 4.55. The highest BCUT2D eigenvalue weighted by molar-refractivity contribution is 5.84. The fourth-order valence-electron chi connectivity index (χ4n) is 1.93. The zero-order chi connectivity index (χ0) is 14.3. The van der Waals surface area contributed by atoms with Crippen LogP contribution in [0.1, 0.15) is 32.1 Å². The molecule has 5 nitrogen and oxygen atoms in total. The van der Waals surface area contributed by atoms with E-state index in [1.165, 1.54) is 0 Å². The van der Waals surface area contributed by atoms with E-state index in [0.29, 0.717) is 0 Å². The van der Waals surface area contributed by atoms with E-state index in [0.717, 1.165) is 32.1 Å². The lowest BCUT2D eigenvalue weighted by molar-refractivity contribution is -0.122. The van der Waals surface area contributed by atoms with Crippen molar-refractivity contribution < 1.29 is 22.8 Å². The Hall–Kier alpha value is -1.47. The highest BCUT2D eigenvalue weighted by atomic mass is 19.4. The van der Waals surface area contributed by atoms with Gasteiger partial charge >= 0.3 is 12.2 Å².